The summed E-state index contributed by atoms with van der Waals surface area (Å²) in [7, 11) is 0. The van der Waals surface area contributed by atoms with Crippen LogP contribution in [0.25, 0.3) is 33.3 Å². The van der Waals surface area contributed by atoms with Gasteiger partial charge in [-0.15, -0.1) is 0 Å². The van der Waals surface area contributed by atoms with E-state index in [1.54, 1.807) is 36.2 Å². The van der Waals surface area contributed by atoms with Gasteiger partial charge in [-0.25, -0.2) is 18.6 Å². The van der Waals surface area contributed by atoms with Crippen LogP contribution in [0.2, 0.25) is 0 Å². The van der Waals surface area contributed by atoms with Crippen LogP contribution in [0.3, 0.4) is 0 Å². The molecule has 11 heteroatoms. The van der Waals surface area contributed by atoms with Crippen molar-refractivity contribution in [1.82, 2.24) is 24.4 Å². The standard InChI is InChI=1S/C34H34F2N6O3/c1-6-7-27(43)40-13-14-41(21(5)17-40)33-23-16-26(36)30(28-25(35)9-8-22-11-15-45-31(22)28)38-32(23)42(34(44)39-33)18-24-20(4)10-12-37-29(24)19(2)3/h6-12,15-16,19,21H,13-14,17-18H2,1-5H3/b7-6+/t21-/m0/s1. The number of benzene rings is 1. The molecule has 0 saturated carbocycles. The molecular formula is C34H34F2N6O3. The zero-order chi connectivity index (χ0) is 32.0. The van der Waals surface area contributed by atoms with Crippen LogP contribution in [-0.2, 0) is 11.3 Å². The van der Waals surface area contributed by atoms with Crippen molar-refractivity contribution in [3.8, 4) is 11.3 Å². The predicted octanol–water partition coefficient (Wildman–Crippen LogP) is 5.97. The molecule has 0 spiro atoms. The van der Waals surface area contributed by atoms with Crippen molar-refractivity contribution in [1.29, 1.82) is 0 Å². The summed E-state index contributed by atoms with van der Waals surface area (Å²) in [6, 6.07) is 7.36. The molecule has 0 aliphatic carbocycles. The Balaban J connectivity index is 1.58. The molecule has 232 valence electrons. The van der Waals surface area contributed by atoms with Crippen molar-refractivity contribution in [3.63, 3.8) is 0 Å². The second kappa shape index (κ2) is 11.9. The molecule has 1 amide bonds. The molecule has 0 radical (unpaired) electrons. The van der Waals surface area contributed by atoms with Crippen molar-refractivity contribution in [3.05, 3.63) is 93.9 Å². The molecule has 0 unspecified atom stereocenters. The third-order valence-electron chi connectivity index (χ3n) is 8.40. The van der Waals surface area contributed by atoms with Crippen molar-refractivity contribution in [2.24, 2.45) is 0 Å². The lowest BCUT2D eigenvalue weighted by Crippen LogP contribution is -2.54. The van der Waals surface area contributed by atoms with Gasteiger partial charge >= 0.3 is 5.69 Å². The Kier molecular flexibility index (Phi) is 7.94. The number of hydrogen-bond donors (Lipinski definition) is 0. The maximum atomic E-state index is 16.1. The topological polar surface area (TPSA) is 97.4 Å². The van der Waals surface area contributed by atoms with Gasteiger partial charge in [0, 0.05) is 43.0 Å². The molecule has 0 N–H and O–H groups in total. The molecule has 1 atom stereocenters. The van der Waals surface area contributed by atoms with Crippen LogP contribution in [0.4, 0.5) is 14.6 Å². The molecule has 5 heterocycles. The number of carbonyl (C=O) groups excluding carboxylic acids is 1. The quantitative estimate of drug-likeness (QED) is 0.218. The smallest absolute Gasteiger partial charge is 0.351 e. The number of halogens is 2. The Hall–Kier alpha value is -4.93. The summed E-state index contributed by atoms with van der Waals surface area (Å²) in [5.74, 6) is -1.25. The van der Waals surface area contributed by atoms with E-state index in [0.29, 0.717) is 30.4 Å². The zero-order valence-electron chi connectivity index (χ0n) is 25.8. The Morgan fingerprint density at radius 3 is 2.67 bits per heavy atom. The summed E-state index contributed by atoms with van der Waals surface area (Å²) < 4.78 is 38.5. The third kappa shape index (κ3) is 5.36. The van der Waals surface area contributed by atoms with E-state index in [0.717, 1.165) is 16.8 Å². The third-order valence-corrected chi connectivity index (χ3v) is 8.40. The lowest BCUT2D eigenvalue weighted by molar-refractivity contribution is -0.126. The number of fused-ring (bicyclic) bond motifs is 2. The summed E-state index contributed by atoms with van der Waals surface area (Å²) in [4.78, 5) is 43.8. The van der Waals surface area contributed by atoms with Crippen LogP contribution in [0.15, 0.2) is 64.2 Å². The summed E-state index contributed by atoms with van der Waals surface area (Å²) in [5.41, 5.74) is 1.92. The molecule has 0 bridgehead atoms. The lowest BCUT2D eigenvalue weighted by atomic mass is 9.99. The van der Waals surface area contributed by atoms with Gasteiger partial charge in [-0.05, 0) is 74.2 Å². The van der Waals surface area contributed by atoms with E-state index in [2.05, 4.69) is 15.0 Å². The maximum Gasteiger partial charge on any atom is 0.351 e. The number of aromatic nitrogens is 4. The van der Waals surface area contributed by atoms with Crippen LogP contribution < -0.4 is 10.6 Å². The largest absolute Gasteiger partial charge is 0.464 e. The fourth-order valence-corrected chi connectivity index (χ4v) is 6.11. The van der Waals surface area contributed by atoms with Crippen LogP contribution in [0.1, 0.15) is 50.4 Å². The number of carbonyl (C=O) groups is 1. The summed E-state index contributed by atoms with van der Waals surface area (Å²) in [6.45, 7) is 10.9. The molecule has 5 aromatic rings. The number of furan rings is 1. The number of aryl methyl sites for hydroxylation is 1. The molecule has 1 fully saturated rings. The van der Waals surface area contributed by atoms with Gasteiger partial charge in [-0.2, -0.15) is 4.98 Å². The number of pyridine rings is 2. The highest BCUT2D eigenvalue weighted by Crippen LogP contribution is 2.36. The number of piperazine rings is 1. The SMILES string of the molecule is C/C=C/C(=O)N1CCN(c2nc(=O)n(Cc3c(C)ccnc3C(C)C)c3nc(-c4c(F)ccc5ccoc45)c(F)cc23)[C@@H](C)C1. The molecule has 4 aromatic heterocycles. The molecular weight excluding hydrogens is 578 g/mol. The fourth-order valence-electron chi connectivity index (χ4n) is 6.11. The highest BCUT2D eigenvalue weighted by Gasteiger charge is 2.30. The second-order valence-electron chi connectivity index (χ2n) is 11.7. The number of allylic oxidation sites excluding steroid dienone is 1. The van der Waals surface area contributed by atoms with E-state index in [1.165, 1.54) is 29.0 Å². The summed E-state index contributed by atoms with van der Waals surface area (Å²) >= 11 is 0. The first-order valence-corrected chi connectivity index (χ1v) is 15.0. The molecule has 1 aliphatic rings. The van der Waals surface area contributed by atoms with E-state index in [9.17, 15) is 9.59 Å². The fraction of sp³-hybridized carbons (Fsp3) is 0.324. The van der Waals surface area contributed by atoms with E-state index in [-0.39, 0.29) is 52.7 Å². The van der Waals surface area contributed by atoms with Crippen LogP contribution in [0, 0.1) is 18.6 Å². The van der Waals surface area contributed by atoms with Gasteiger partial charge in [-0.1, -0.05) is 19.9 Å². The molecule has 9 nitrogen and oxygen atoms in total. The normalized spacial score (nSPS) is 15.7. The lowest BCUT2D eigenvalue weighted by Gasteiger charge is -2.40. The average molecular weight is 613 g/mol. The number of amides is 1. The van der Waals surface area contributed by atoms with Crippen molar-refractivity contribution in [2.45, 2.75) is 53.1 Å². The first-order valence-electron chi connectivity index (χ1n) is 15.0. The minimum Gasteiger partial charge on any atom is -0.464 e. The van der Waals surface area contributed by atoms with E-state index < -0.39 is 17.3 Å². The minimum absolute atomic E-state index is 0.0723. The van der Waals surface area contributed by atoms with E-state index >= 15 is 8.78 Å². The van der Waals surface area contributed by atoms with E-state index in [1.807, 2.05) is 38.7 Å². The van der Waals surface area contributed by atoms with Gasteiger partial charge in [-0.3, -0.25) is 14.3 Å². The molecule has 1 aromatic carbocycles. The first kappa shape index (κ1) is 30.1. The predicted molar refractivity (Wildman–Crippen MR) is 169 cm³/mol. The Morgan fingerprint density at radius 2 is 1.93 bits per heavy atom. The zero-order valence-corrected chi connectivity index (χ0v) is 25.8. The number of anilines is 1. The number of nitrogens with zero attached hydrogens (tertiary/aromatic N) is 6. The van der Waals surface area contributed by atoms with Crippen molar-refractivity contribution < 1.29 is 18.0 Å². The second-order valence-corrected chi connectivity index (χ2v) is 11.7. The molecule has 45 heavy (non-hydrogen) atoms. The molecule has 1 aliphatic heterocycles. The Bertz CT molecular complexity index is 2030. The average Bonchev–Trinajstić information content (AvgIpc) is 3.48. The van der Waals surface area contributed by atoms with Crippen LogP contribution in [0.5, 0.6) is 0 Å². The van der Waals surface area contributed by atoms with Gasteiger partial charge in [0.25, 0.3) is 0 Å². The highest BCUT2D eigenvalue weighted by molar-refractivity contribution is 5.95. The van der Waals surface area contributed by atoms with Gasteiger partial charge in [0.15, 0.2) is 5.82 Å². The van der Waals surface area contributed by atoms with Gasteiger partial charge in [0.05, 0.1) is 23.8 Å². The summed E-state index contributed by atoms with van der Waals surface area (Å²) in [6.07, 6.45) is 6.35. The van der Waals surface area contributed by atoms with E-state index in [4.69, 9.17) is 4.42 Å². The number of rotatable bonds is 6. The maximum absolute atomic E-state index is 16.1. The monoisotopic (exact) mass is 612 g/mol. The number of hydrogen-bond acceptors (Lipinski definition) is 7. The van der Waals surface area contributed by atoms with Gasteiger partial charge in [0.2, 0.25) is 5.91 Å². The molecule has 1 saturated heterocycles. The van der Waals surface area contributed by atoms with Gasteiger partial charge < -0.3 is 14.2 Å². The first-order chi connectivity index (χ1) is 21.6. The Labute approximate surface area is 258 Å². The minimum atomic E-state index is -0.784. The summed E-state index contributed by atoms with van der Waals surface area (Å²) in [5, 5.41) is 0.892. The van der Waals surface area contributed by atoms with Crippen LogP contribution >= 0.6 is 0 Å². The Morgan fingerprint density at radius 1 is 1.13 bits per heavy atom. The molecule has 6 rings (SSSR count). The van der Waals surface area contributed by atoms with Gasteiger partial charge in [0.1, 0.15) is 28.6 Å². The van der Waals surface area contributed by atoms with Crippen molar-refractivity contribution in [2.75, 3.05) is 24.5 Å². The highest BCUT2D eigenvalue weighted by atomic mass is 19.1. The van der Waals surface area contributed by atoms with Crippen molar-refractivity contribution >= 4 is 33.7 Å². The van der Waals surface area contributed by atoms with Crippen LogP contribution in [-0.4, -0.2) is 56.0 Å².